The lowest BCUT2D eigenvalue weighted by Crippen LogP contribution is -2.53. The van der Waals surface area contributed by atoms with Gasteiger partial charge in [-0.1, -0.05) is 13.8 Å². The van der Waals surface area contributed by atoms with Crippen LogP contribution in [0.4, 0.5) is 0 Å². The van der Waals surface area contributed by atoms with Gasteiger partial charge in [0.25, 0.3) is 0 Å². The van der Waals surface area contributed by atoms with E-state index in [1.165, 1.54) is 14.0 Å². The van der Waals surface area contributed by atoms with Crippen LogP contribution in [0, 0.1) is 5.92 Å². The fourth-order valence-electron chi connectivity index (χ4n) is 1.87. The van der Waals surface area contributed by atoms with Crippen molar-refractivity contribution in [2.24, 2.45) is 11.7 Å². The minimum Gasteiger partial charge on any atom is -0.469 e. The Morgan fingerprint density at radius 1 is 1.09 bits per heavy atom. The van der Waals surface area contributed by atoms with E-state index in [0.717, 1.165) is 0 Å². The normalized spacial score (nSPS) is 13.1. The number of rotatable bonds is 9. The first kappa shape index (κ1) is 19.9. The number of nitrogens with one attached hydrogen (secondary N) is 2. The van der Waals surface area contributed by atoms with Crippen LogP contribution in [0.15, 0.2) is 0 Å². The molecule has 22 heavy (non-hydrogen) atoms. The fraction of sp³-hybridized carbons (Fsp3) is 0.714. The number of primary amides is 1. The summed E-state index contributed by atoms with van der Waals surface area (Å²) < 4.78 is 4.48. The summed E-state index contributed by atoms with van der Waals surface area (Å²) >= 11 is 0. The highest BCUT2D eigenvalue weighted by Crippen LogP contribution is 2.06. The third kappa shape index (κ3) is 8.23. The number of hydrogen-bond acceptors (Lipinski definition) is 5. The number of amides is 3. The summed E-state index contributed by atoms with van der Waals surface area (Å²) in [5, 5.41) is 5.01. The van der Waals surface area contributed by atoms with Crippen LogP contribution in [0.3, 0.4) is 0 Å². The quantitative estimate of drug-likeness (QED) is 0.492. The van der Waals surface area contributed by atoms with Gasteiger partial charge in [0.2, 0.25) is 17.7 Å². The maximum atomic E-state index is 12.2. The second-order valence-electron chi connectivity index (χ2n) is 5.46. The van der Waals surface area contributed by atoms with Crippen LogP contribution < -0.4 is 16.4 Å². The predicted molar refractivity (Wildman–Crippen MR) is 79.4 cm³/mol. The Kier molecular flexibility index (Phi) is 8.81. The second kappa shape index (κ2) is 9.75. The highest BCUT2D eigenvalue weighted by molar-refractivity contribution is 5.91. The molecule has 0 aromatic rings. The molecule has 0 spiro atoms. The van der Waals surface area contributed by atoms with E-state index < -0.39 is 29.9 Å². The molecule has 0 aromatic carbocycles. The Bertz CT molecular complexity index is 423. The van der Waals surface area contributed by atoms with E-state index in [4.69, 9.17) is 5.73 Å². The molecule has 0 fully saturated rings. The minimum absolute atomic E-state index is 0.0423. The third-order valence-corrected chi connectivity index (χ3v) is 2.93. The summed E-state index contributed by atoms with van der Waals surface area (Å²) in [5.74, 6) is -1.92. The number of ether oxygens (including phenoxy) is 1. The highest BCUT2D eigenvalue weighted by atomic mass is 16.5. The largest absolute Gasteiger partial charge is 0.469 e. The van der Waals surface area contributed by atoms with Gasteiger partial charge in [-0.3, -0.25) is 19.2 Å². The standard InChI is InChI=1S/C14H25N3O5/c1-8(2)7-11(16-9(3)18)14(21)17-10(13(15)20)5-6-12(19)22-4/h8,10-11H,5-7H2,1-4H3,(H2,15,20)(H,16,18)(H,17,21)/t10-,11+/m1/s1. The van der Waals surface area contributed by atoms with Crippen molar-refractivity contribution < 1.29 is 23.9 Å². The maximum absolute atomic E-state index is 12.2. The van der Waals surface area contributed by atoms with Crippen LogP contribution in [0.1, 0.15) is 40.0 Å². The number of carbonyl (C=O) groups is 4. The van der Waals surface area contributed by atoms with Crippen LogP contribution >= 0.6 is 0 Å². The summed E-state index contributed by atoms with van der Waals surface area (Å²) in [6.07, 6.45) is 0.426. The molecule has 0 saturated carbocycles. The Hall–Kier alpha value is -2.12. The summed E-state index contributed by atoms with van der Waals surface area (Å²) in [4.78, 5) is 45.8. The molecule has 0 aromatic heterocycles. The highest BCUT2D eigenvalue weighted by Gasteiger charge is 2.26. The molecule has 0 heterocycles. The van der Waals surface area contributed by atoms with Gasteiger partial charge < -0.3 is 21.1 Å². The lowest BCUT2D eigenvalue weighted by molar-refractivity contribution is -0.141. The van der Waals surface area contributed by atoms with E-state index >= 15 is 0 Å². The van der Waals surface area contributed by atoms with Gasteiger partial charge in [-0.2, -0.15) is 0 Å². The Morgan fingerprint density at radius 2 is 1.68 bits per heavy atom. The average molecular weight is 315 g/mol. The van der Waals surface area contributed by atoms with Crippen LogP contribution in [-0.4, -0.2) is 42.9 Å². The van der Waals surface area contributed by atoms with Crippen LogP contribution in [0.25, 0.3) is 0 Å². The number of methoxy groups -OCH3 is 1. The van der Waals surface area contributed by atoms with Crippen molar-refractivity contribution in [3.8, 4) is 0 Å². The first-order valence-electron chi connectivity index (χ1n) is 7.11. The van der Waals surface area contributed by atoms with Crippen molar-refractivity contribution in [3.63, 3.8) is 0 Å². The zero-order valence-electron chi connectivity index (χ0n) is 13.5. The molecule has 0 saturated heterocycles. The molecule has 0 radical (unpaired) electrons. The third-order valence-electron chi connectivity index (χ3n) is 2.93. The first-order valence-corrected chi connectivity index (χ1v) is 7.11. The molecule has 2 atom stereocenters. The average Bonchev–Trinajstić information content (AvgIpc) is 2.40. The van der Waals surface area contributed by atoms with Crippen molar-refractivity contribution in [1.82, 2.24) is 10.6 Å². The van der Waals surface area contributed by atoms with Crippen LogP contribution in [0.2, 0.25) is 0 Å². The summed E-state index contributed by atoms with van der Waals surface area (Å²) in [5.41, 5.74) is 5.22. The van der Waals surface area contributed by atoms with Crippen molar-refractivity contribution in [3.05, 3.63) is 0 Å². The lowest BCUT2D eigenvalue weighted by Gasteiger charge is -2.22. The van der Waals surface area contributed by atoms with E-state index in [2.05, 4.69) is 15.4 Å². The monoisotopic (exact) mass is 315 g/mol. The molecule has 8 nitrogen and oxygen atoms in total. The first-order chi connectivity index (χ1) is 10.2. The van der Waals surface area contributed by atoms with Gasteiger partial charge in [-0.05, 0) is 18.8 Å². The van der Waals surface area contributed by atoms with E-state index in [1.54, 1.807) is 0 Å². The second-order valence-corrected chi connectivity index (χ2v) is 5.46. The van der Waals surface area contributed by atoms with Crippen molar-refractivity contribution in [2.45, 2.75) is 52.1 Å². The Balaban J connectivity index is 4.77. The SMILES string of the molecule is COC(=O)CC[C@@H](NC(=O)[C@H](CC(C)C)NC(C)=O)C(N)=O. The van der Waals surface area contributed by atoms with Crippen molar-refractivity contribution in [2.75, 3.05) is 7.11 Å². The molecule has 8 heteroatoms. The molecular weight excluding hydrogens is 290 g/mol. The number of carbonyl (C=O) groups excluding carboxylic acids is 4. The molecule has 0 unspecified atom stereocenters. The molecule has 4 N–H and O–H groups in total. The molecule has 0 rings (SSSR count). The number of esters is 1. The molecule has 0 aliphatic carbocycles. The predicted octanol–water partition coefficient (Wildman–Crippen LogP) is -0.539. The fourth-order valence-corrected chi connectivity index (χ4v) is 1.87. The zero-order valence-corrected chi connectivity index (χ0v) is 13.5. The van der Waals surface area contributed by atoms with Gasteiger partial charge in [-0.15, -0.1) is 0 Å². The van der Waals surface area contributed by atoms with E-state index in [1.807, 2.05) is 13.8 Å². The molecule has 0 aliphatic heterocycles. The van der Waals surface area contributed by atoms with Gasteiger partial charge in [0.1, 0.15) is 12.1 Å². The maximum Gasteiger partial charge on any atom is 0.305 e. The smallest absolute Gasteiger partial charge is 0.305 e. The molecule has 126 valence electrons. The summed E-state index contributed by atoms with van der Waals surface area (Å²) in [6.45, 7) is 5.12. The van der Waals surface area contributed by atoms with E-state index in [9.17, 15) is 19.2 Å². The summed E-state index contributed by atoms with van der Waals surface area (Å²) in [6, 6.07) is -1.74. The van der Waals surface area contributed by atoms with Gasteiger partial charge in [0.15, 0.2) is 0 Å². The van der Waals surface area contributed by atoms with Crippen LogP contribution in [0.5, 0.6) is 0 Å². The van der Waals surface area contributed by atoms with Gasteiger partial charge in [0, 0.05) is 13.3 Å². The van der Waals surface area contributed by atoms with Crippen molar-refractivity contribution in [1.29, 1.82) is 0 Å². The Labute approximate surface area is 130 Å². The van der Waals surface area contributed by atoms with Crippen molar-refractivity contribution >= 4 is 23.7 Å². The minimum atomic E-state index is -0.991. The van der Waals surface area contributed by atoms with Gasteiger partial charge in [-0.25, -0.2) is 0 Å². The molecular formula is C14H25N3O5. The molecule has 3 amide bonds. The van der Waals surface area contributed by atoms with E-state index in [-0.39, 0.29) is 24.7 Å². The van der Waals surface area contributed by atoms with Crippen LogP contribution in [-0.2, 0) is 23.9 Å². The Morgan fingerprint density at radius 3 is 2.09 bits per heavy atom. The molecule has 0 bridgehead atoms. The zero-order chi connectivity index (χ0) is 17.3. The van der Waals surface area contributed by atoms with Gasteiger partial charge >= 0.3 is 5.97 Å². The number of hydrogen-bond donors (Lipinski definition) is 3. The topological polar surface area (TPSA) is 128 Å². The van der Waals surface area contributed by atoms with E-state index in [0.29, 0.717) is 6.42 Å². The lowest BCUT2D eigenvalue weighted by atomic mass is 10.0. The van der Waals surface area contributed by atoms with Gasteiger partial charge in [0.05, 0.1) is 7.11 Å². The molecule has 0 aliphatic rings. The number of nitrogens with two attached hydrogens (primary N) is 1. The summed E-state index contributed by atoms with van der Waals surface area (Å²) in [7, 11) is 1.23.